The summed E-state index contributed by atoms with van der Waals surface area (Å²) in [5.41, 5.74) is 0.425. The number of Topliss-reactive ketones (excluding diaryl/α,β-unsaturated/α-hetero) is 1. The SMILES string of the molecule is CCC(=O)c1c(OCOC)cccc1OCOC. The highest BCUT2D eigenvalue weighted by atomic mass is 16.7. The molecule has 0 saturated carbocycles. The molecule has 0 heterocycles. The number of rotatable bonds is 8. The Morgan fingerprint density at radius 2 is 1.56 bits per heavy atom. The molecule has 0 spiro atoms. The zero-order valence-electron chi connectivity index (χ0n) is 10.9. The summed E-state index contributed by atoms with van der Waals surface area (Å²) in [6.45, 7) is 1.95. The number of benzene rings is 1. The summed E-state index contributed by atoms with van der Waals surface area (Å²) in [6.07, 6.45) is 0.372. The molecular formula is C13H18O5. The molecule has 5 nitrogen and oxygen atoms in total. The van der Waals surface area contributed by atoms with E-state index in [-0.39, 0.29) is 19.4 Å². The molecule has 0 N–H and O–H groups in total. The van der Waals surface area contributed by atoms with Crippen molar-refractivity contribution in [1.82, 2.24) is 0 Å². The fourth-order valence-corrected chi connectivity index (χ4v) is 1.45. The van der Waals surface area contributed by atoms with Crippen molar-refractivity contribution in [2.75, 3.05) is 27.8 Å². The van der Waals surface area contributed by atoms with Crippen molar-refractivity contribution in [1.29, 1.82) is 0 Å². The summed E-state index contributed by atoms with van der Waals surface area (Å²) in [5, 5.41) is 0. The fraction of sp³-hybridized carbons (Fsp3) is 0.462. The van der Waals surface area contributed by atoms with Gasteiger partial charge in [-0.15, -0.1) is 0 Å². The predicted octanol–water partition coefficient (Wildman–Crippen LogP) is 2.24. The first-order chi connectivity index (χ1) is 8.74. The maximum Gasteiger partial charge on any atom is 0.188 e. The van der Waals surface area contributed by atoms with Gasteiger partial charge in [-0.25, -0.2) is 0 Å². The molecule has 0 radical (unpaired) electrons. The van der Waals surface area contributed by atoms with Crippen LogP contribution in [0.1, 0.15) is 23.7 Å². The van der Waals surface area contributed by atoms with Crippen molar-refractivity contribution < 1.29 is 23.7 Å². The van der Waals surface area contributed by atoms with Crippen LogP contribution in [0.3, 0.4) is 0 Å². The Balaban J connectivity index is 3.04. The number of carbonyl (C=O) groups excluding carboxylic acids is 1. The molecule has 0 aliphatic rings. The molecule has 0 atom stereocenters. The summed E-state index contributed by atoms with van der Waals surface area (Å²) in [4.78, 5) is 11.9. The van der Waals surface area contributed by atoms with Crippen LogP contribution in [0.5, 0.6) is 11.5 Å². The van der Waals surface area contributed by atoms with Gasteiger partial charge in [0.05, 0.1) is 0 Å². The predicted molar refractivity (Wildman–Crippen MR) is 66.1 cm³/mol. The Kier molecular flexibility index (Phi) is 6.18. The molecule has 100 valence electrons. The van der Waals surface area contributed by atoms with Crippen LogP contribution in [0.15, 0.2) is 18.2 Å². The molecule has 0 aliphatic heterocycles. The van der Waals surface area contributed by atoms with Gasteiger partial charge in [0.25, 0.3) is 0 Å². The summed E-state index contributed by atoms with van der Waals surface area (Å²) in [5.74, 6) is 0.863. The van der Waals surface area contributed by atoms with Crippen LogP contribution in [0, 0.1) is 0 Å². The third-order valence-corrected chi connectivity index (χ3v) is 2.25. The van der Waals surface area contributed by atoms with Gasteiger partial charge in [0.2, 0.25) is 0 Å². The van der Waals surface area contributed by atoms with Gasteiger partial charge in [0, 0.05) is 20.6 Å². The largest absolute Gasteiger partial charge is 0.467 e. The van der Waals surface area contributed by atoms with E-state index >= 15 is 0 Å². The molecule has 0 saturated heterocycles. The van der Waals surface area contributed by atoms with Crippen LogP contribution in [0.2, 0.25) is 0 Å². The van der Waals surface area contributed by atoms with E-state index in [4.69, 9.17) is 18.9 Å². The van der Waals surface area contributed by atoms with Crippen LogP contribution in [-0.4, -0.2) is 33.6 Å². The van der Waals surface area contributed by atoms with Gasteiger partial charge in [0.15, 0.2) is 19.4 Å². The lowest BCUT2D eigenvalue weighted by Gasteiger charge is -2.14. The van der Waals surface area contributed by atoms with E-state index in [0.29, 0.717) is 23.5 Å². The Hall–Kier alpha value is -1.59. The van der Waals surface area contributed by atoms with Crippen LogP contribution in [-0.2, 0) is 9.47 Å². The Morgan fingerprint density at radius 1 is 1.06 bits per heavy atom. The molecule has 0 aromatic heterocycles. The number of hydrogen-bond acceptors (Lipinski definition) is 5. The van der Waals surface area contributed by atoms with Crippen molar-refractivity contribution in [3.63, 3.8) is 0 Å². The average molecular weight is 254 g/mol. The number of ketones is 1. The lowest BCUT2D eigenvalue weighted by molar-refractivity contribution is 0.0444. The minimum atomic E-state index is -0.0483. The lowest BCUT2D eigenvalue weighted by Crippen LogP contribution is -2.09. The van der Waals surface area contributed by atoms with Crippen LogP contribution < -0.4 is 9.47 Å². The molecule has 1 rings (SSSR count). The van der Waals surface area contributed by atoms with E-state index < -0.39 is 0 Å². The van der Waals surface area contributed by atoms with Gasteiger partial charge >= 0.3 is 0 Å². The molecular weight excluding hydrogens is 236 g/mol. The zero-order valence-corrected chi connectivity index (χ0v) is 10.9. The second-order valence-electron chi connectivity index (χ2n) is 3.51. The van der Waals surface area contributed by atoms with E-state index in [0.717, 1.165) is 0 Å². The molecule has 1 aromatic rings. The normalized spacial score (nSPS) is 10.2. The lowest BCUT2D eigenvalue weighted by atomic mass is 10.1. The van der Waals surface area contributed by atoms with Crippen molar-refractivity contribution in [2.45, 2.75) is 13.3 Å². The van der Waals surface area contributed by atoms with Crippen LogP contribution in [0.4, 0.5) is 0 Å². The Labute approximate surface area is 107 Å². The smallest absolute Gasteiger partial charge is 0.188 e. The zero-order chi connectivity index (χ0) is 13.4. The van der Waals surface area contributed by atoms with Crippen molar-refractivity contribution in [2.24, 2.45) is 0 Å². The molecule has 0 amide bonds. The molecule has 0 aliphatic carbocycles. The van der Waals surface area contributed by atoms with E-state index in [1.54, 1.807) is 25.1 Å². The van der Waals surface area contributed by atoms with Gasteiger partial charge in [-0.05, 0) is 12.1 Å². The Morgan fingerprint density at radius 3 is 1.94 bits per heavy atom. The van der Waals surface area contributed by atoms with Crippen LogP contribution in [0.25, 0.3) is 0 Å². The molecule has 18 heavy (non-hydrogen) atoms. The highest BCUT2D eigenvalue weighted by Gasteiger charge is 2.17. The standard InChI is InChI=1S/C13H18O5/c1-4-10(14)13-11(17-8-15-2)6-5-7-12(13)18-9-16-3/h5-7H,4,8-9H2,1-3H3. The first-order valence-electron chi connectivity index (χ1n) is 5.64. The number of methoxy groups -OCH3 is 2. The minimum absolute atomic E-state index is 0.0483. The maximum atomic E-state index is 11.9. The van der Waals surface area contributed by atoms with Crippen molar-refractivity contribution >= 4 is 5.78 Å². The van der Waals surface area contributed by atoms with E-state index in [1.807, 2.05) is 0 Å². The first-order valence-corrected chi connectivity index (χ1v) is 5.64. The van der Waals surface area contributed by atoms with Gasteiger partial charge in [-0.1, -0.05) is 13.0 Å². The number of ether oxygens (including phenoxy) is 4. The van der Waals surface area contributed by atoms with Gasteiger partial charge < -0.3 is 18.9 Å². The average Bonchev–Trinajstić information content (AvgIpc) is 2.41. The quantitative estimate of drug-likeness (QED) is 0.526. The highest BCUT2D eigenvalue weighted by Crippen LogP contribution is 2.30. The van der Waals surface area contributed by atoms with E-state index in [9.17, 15) is 4.79 Å². The van der Waals surface area contributed by atoms with Crippen molar-refractivity contribution in [3.05, 3.63) is 23.8 Å². The maximum absolute atomic E-state index is 11.9. The molecule has 5 heteroatoms. The van der Waals surface area contributed by atoms with Gasteiger partial charge in [-0.2, -0.15) is 0 Å². The highest BCUT2D eigenvalue weighted by molar-refractivity contribution is 6.01. The third-order valence-electron chi connectivity index (χ3n) is 2.25. The van der Waals surface area contributed by atoms with Crippen molar-refractivity contribution in [3.8, 4) is 11.5 Å². The minimum Gasteiger partial charge on any atom is -0.467 e. The fourth-order valence-electron chi connectivity index (χ4n) is 1.45. The van der Waals surface area contributed by atoms with E-state index in [1.165, 1.54) is 14.2 Å². The number of hydrogen-bond donors (Lipinski definition) is 0. The second kappa shape index (κ2) is 7.68. The third kappa shape index (κ3) is 3.72. The summed E-state index contributed by atoms with van der Waals surface area (Å²) >= 11 is 0. The topological polar surface area (TPSA) is 54.0 Å². The number of carbonyl (C=O) groups is 1. The molecule has 0 fully saturated rings. The van der Waals surface area contributed by atoms with E-state index in [2.05, 4.69) is 0 Å². The van der Waals surface area contributed by atoms with Crippen LogP contribution >= 0.6 is 0 Å². The molecule has 0 unspecified atom stereocenters. The molecule has 1 aromatic carbocycles. The Bertz CT molecular complexity index is 363. The monoisotopic (exact) mass is 254 g/mol. The summed E-state index contributed by atoms with van der Waals surface area (Å²) in [7, 11) is 3.04. The summed E-state index contributed by atoms with van der Waals surface area (Å²) < 4.78 is 20.4. The van der Waals surface area contributed by atoms with Gasteiger partial charge in [0.1, 0.15) is 17.1 Å². The van der Waals surface area contributed by atoms with Gasteiger partial charge in [-0.3, -0.25) is 4.79 Å². The second-order valence-corrected chi connectivity index (χ2v) is 3.51. The molecule has 0 bridgehead atoms. The summed E-state index contributed by atoms with van der Waals surface area (Å²) in [6, 6.07) is 5.17. The first kappa shape index (κ1) is 14.5.